The van der Waals surface area contributed by atoms with Gasteiger partial charge in [0.25, 0.3) is 0 Å². The summed E-state index contributed by atoms with van der Waals surface area (Å²) < 4.78 is 3.98. The molecule has 1 aromatic carbocycles. The van der Waals surface area contributed by atoms with E-state index in [9.17, 15) is 4.79 Å². The minimum absolute atomic E-state index is 0.244. The Kier molecular flexibility index (Phi) is 3.97. The van der Waals surface area contributed by atoms with Crippen LogP contribution < -0.4 is 0 Å². The summed E-state index contributed by atoms with van der Waals surface area (Å²) in [4.78, 5) is 11.6. The maximum Gasteiger partial charge on any atom is 0.334 e. The zero-order chi connectivity index (χ0) is 8.81. The number of carbonyl (C=O) groups excluding carboxylic acids is 1. The van der Waals surface area contributed by atoms with Crippen LogP contribution in [0.4, 0.5) is 0 Å². The topological polar surface area (TPSA) is 26.3 Å². The van der Waals surface area contributed by atoms with Crippen LogP contribution in [0.5, 0.6) is 0 Å². The Balaban J connectivity index is 2.38. The lowest BCUT2D eigenvalue weighted by molar-refractivity contribution is -0.130. The molecule has 4 heteroatoms. The van der Waals surface area contributed by atoms with E-state index in [1.807, 2.05) is 30.3 Å². The molecule has 0 saturated heterocycles. The minimum Gasteiger partial charge on any atom is -0.347 e. The number of hydrogen-bond donors (Lipinski definition) is 0. The van der Waals surface area contributed by atoms with E-state index in [0.717, 1.165) is 4.90 Å². The maximum atomic E-state index is 10.6. The van der Waals surface area contributed by atoms with Gasteiger partial charge in [0, 0.05) is 4.90 Å². The van der Waals surface area contributed by atoms with E-state index in [4.69, 9.17) is 11.9 Å². The van der Waals surface area contributed by atoms with Crippen molar-refractivity contribution in [2.45, 2.75) is 4.90 Å². The first-order valence-electron chi connectivity index (χ1n) is 3.32. The largest absolute Gasteiger partial charge is 0.347 e. The summed E-state index contributed by atoms with van der Waals surface area (Å²) in [7, 11) is 0. The molecule has 2 nitrogen and oxygen atoms in total. The van der Waals surface area contributed by atoms with Crippen LogP contribution in [0.2, 0.25) is 0 Å². The van der Waals surface area contributed by atoms with Crippen LogP contribution in [0.15, 0.2) is 35.2 Å². The van der Waals surface area contributed by atoms with Gasteiger partial charge in [0.05, 0.1) is 5.75 Å². The molecule has 0 amide bonds. The first kappa shape index (κ1) is 9.42. The van der Waals surface area contributed by atoms with Crippen LogP contribution in [0, 0.1) is 0 Å². The third-order valence-corrected chi connectivity index (χ3v) is 2.34. The number of rotatable bonds is 3. The van der Waals surface area contributed by atoms with Gasteiger partial charge in [-0.2, -0.15) is 0 Å². The van der Waals surface area contributed by atoms with Crippen LogP contribution in [-0.2, 0) is 9.08 Å². The van der Waals surface area contributed by atoms with E-state index in [2.05, 4.69) is 4.29 Å². The monoisotopic (exact) mass is 202 g/mol. The van der Waals surface area contributed by atoms with Gasteiger partial charge in [0.15, 0.2) is 0 Å². The third-order valence-electron chi connectivity index (χ3n) is 1.19. The van der Waals surface area contributed by atoms with Gasteiger partial charge in [-0.3, -0.25) is 0 Å². The van der Waals surface area contributed by atoms with Gasteiger partial charge < -0.3 is 4.29 Å². The van der Waals surface area contributed by atoms with Gasteiger partial charge in [0.2, 0.25) is 0 Å². The Morgan fingerprint density at radius 1 is 1.42 bits per heavy atom. The molecule has 0 unspecified atom stereocenters. The Labute approximate surface area is 80.0 Å². The van der Waals surface area contributed by atoms with Crippen LogP contribution in [0.25, 0.3) is 0 Å². The second-order valence-electron chi connectivity index (χ2n) is 2.05. The van der Waals surface area contributed by atoms with Gasteiger partial charge >= 0.3 is 5.97 Å². The molecule has 0 spiro atoms. The molecule has 64 valence electrons. The Hall–Kier alpha value is -0.670. The summed E-state index contributed by atoms with van der Waals surface area (Å²) in [6, 6.07) is 9.59. The third kappa shape index (κ3) is 3.15. The van der Waals surface area contributed by atoms with Gasteiger partial charge in [-0.05, 0) is 12.1 Å². The van der Waals surface area contributed by atoms with Crippen molar-refractivity contribution in [3.8, 4) is 0 Å². The van der Waals surface area contributed by atoms with Crippen molar-refractivity contribution in [2.75, 3.05) is 5.75 Å². The molecule has 0 heterocycles. The molecule has 0 aliphatic heterocycles. The average molecular weight is 203 g/mol. The summed E-state index contributed by atoms with van der Waals surface area (Å²) in [6.07, 6.45) is 0. The van der Waals surface area contributed by atoms with E-state index < -0.39 is 5.97 Å². The smallest absolute Gasteiger partial charge is 0.334 e. The number of benzene rings is 1. The van der Waals surface area contributed by atoms with E-state index >= 15 is 0 Å². The number of halogens is 1. The zero-order valence-electron chi connectivity index (χ0n) is 6.20. The number of carbonyl (C=O) groups is 1. The molecule has 0 atom stereocenters. The highest BCUT2D eigenvalue weighted by Crippen LogP contribution is 2.16. The molecule has 0 aliphatic rings. The van der Waals surface area contributed by atoms with Crippen molar-refractivity contribution >= 4 is 29.6 Å². The molecule has 1 aromatic rings. The molecule has 0 saturated carbocycles. The van der Waals surface area contributed by atoms with E-state index in [1.54, 1.807) is 0 Å². The highest BCUT2D eigenvalue weighted by Gasteiger charge is 2.01. The standard InChI is InChI=1S/C8H7ClO2S/c9-11-8(10)6-12-7-4-2-1-3-5-7/h1-5H,6H2. The van der Waals surface area contributed by atoms with Crippen LogP contribution in [0.1, 0.15) is 0 Å². The lowest BCUT2D eigenvalue weighted by atomic mass is 10.4. The molecule has 0 aromatic heterocycles. The predicted molar refractivity (Wildman–Crippen MR) is 49.1 cm³/mol. The van der Waals surface area contributed by atoms with Crippen molar-refractivity contribution < 1.29 is 9.08 Å². The van der Waals surface area contributed by atoms with Crippen molar-refractivity contribution in [1.82, 2.24) is 0 Å². The fraction of sp³-hybridized carbons (Fsp3) is 0.125. The minimum atomic E-state index is -0.425. The van der Waals surface area contributed by atoms with Crippen molar-refractivity contribution in [2.24, 2.45) is 0 Å². The SMILES string of the molecule is O=C(CSc1ccccc1)OCl. The Morgan fingerprint density at radius 2 is 2.08 bits per heavy atom. The summed E-state index contributed by atoms with van der Waals surface area (Å²) in [5.74, 6) is -0.182. The van der Waals surface area contributed by atoms with Crippen LogP contribution >= 0.6 is 23.6 Å². The predicted octanol–water partition coefficient (Wildman–Crippen LogP) is 2.48. The quantitative estimate of drug-likeness (QED) is 0.705. The zero-order valence-corrected chi connectivity index (χ0v) is 7.77. The molecule has 12 heavy (non-hydrogen) atoms. The molecule has 1 rings (SSSR count). The van der Waals surface area contributed by atoms with Gasteiger partial charge in [-0.1, -0.05) is 18.2 Å². The Morgan fingerprint density at radius 3 is 2.67 bits per heavy atom. The van der Waals surface area contributed by atoms with Crippen molar-refractivity contribution in [1.29, 1.82) is 0 Å². The fourth-order valence-electron chi connectivity index (χ4n) is 0.681. The summed E-state index contributed by atoms with van der Waals surface area (Å²) in [5, 5.41) is 0. The molecular weight excluding hydrogens is 196 g/mol. The lowest BCUT2D eigenvalue weighted by Gasteiger charge is -1.96. The highest BCUT2D eigenvalue weighted by atomic mass is 35.5. The molecule has 0 N–H and O–H groups in total. The first-order chi connectivity index (χ1) is 5.83. The normalized spacial score (nSPS) is 9.42. The van der Waals surface area contributed by atoms with Crippen molar-refractivity contribution in [3.63, 3.8) is 0 Å². The van der Waals surface area contributed by atoms with Crippen LogP contribution in [0.3, 0.4) is 0 Å². The van der Waals surface area contributed by atoms with E-state index in [-0.39, 0.29) is 5.75 Å². The summed E-state index contributed by atoms with van der Waals surface area (Å²) in [5.41, 5.74) is 0. The number of hydrogen-bond acceptors (Lipinski definition) is 3. The maximum absolute atomic E-state index is 10.6. The summed E-state index contributed by atoms with van der Waals surface area (Å²) in [6.45, 7) is 0. The Bertz CT molecular complexity index is 250. The molecule has 0 aliphatic carbocycles. The van der Waals surface area contributed by atoms with E-state index in [1.165, 1.54) is 11.8 Å². The average Bonchev–Trinajstić information content (AvgIpc) is 2.16. The van der Waals surface area contributed by atoms with E-state index in [0.29, 0.717) is 0 Å². The second-order valence-corrected chi connectivity index (χ2v) is 3.25. The molecule has 0 bridgehead atoms. The first-order valence-corrected chi connectivity index (χ1v) is 4.61. The molecule has 0 fully saturated rings. The van der Waals surface area contributed by atoms with Crippen molar-refractivity contribution in [3.05, 3.63) is 30.3 Å². The summed E-state index contributed by atoms with van der Waals surface area (Å²) >= 11 is 6.25. The van der Waals surface area contributed by atoms with Gasteiger partial charge in [-0.15, -0.1) is 11.8 Å². The highest BCUT2D eigenvalue weighted by molar-refractivity contribution is 8.00. The van der Waals surface area contributed by atoms with Gasteiger partial charge in [0.1, 0.15) is 11.9 Å². The second kappa shape index (κ2) is 5.06. The molecular formula is C8H7ClO2S. The number of thioether (sulfide) groups is 1. The lowest BCUT2D eigenvalue weighted by Crippen LogP contribution is -1.99. The van der Waals surface area contributed by atoms with Gasteiger partial charge in [-0.25, -0.2) is 4.79 Å². The molecule has 0 radical (unpaired) electrons. The van der Waals surface area contributed by atoms with Crippen LogP contribution in [-0.4, -0.2) is 11.7 Å². The fourth-order valence-corrected chi connectivity index (χ4v) is 1.49.